The van der Waals surface area contributed by atoms with Gasteiger partial charge in [0.05, 0.1) is 0 Å². The minimum absolute atomic E-state index is 0.188. The van der Waals surface area contributed by atoms with E-state index in [1.807, 2.05) is 36.1 Å². The van der Waals surface area contributed by atoms with E-state index >= 15 is 0 Å². The third-order valence-electron chi connectivity index (χ3n) is 4.54. The Morgan fingerprint density at radius 2 is 2.04 bits per heavy atom. The first-order chi connectivity index (χ1) is 11.1. The highest BCUT2D eigenvalue weighted by molar-refractivity contribution is 5.76. The van der Waals surface area contributed by atoms with Gasteiger partial charge in [0.2, 0.25) is 17.6 Å². The predicted molar refractivity (Wildman–Crippen MR) is 87.8 cm³/mol. The van der Waals surface area contributed by atoms with Gasteiger partial charge in [-0.3, -0.25) is 4.79 Å². The van der Waals surface area contributed by atoms with Gasteiger partial charge in [0.25, 0.3) is 0 Å². The van der Waals surface area contributed by atoms with Gasteiger partial charge in [-0.15, -0.1) is 0 Å². The molecule has 0 saturated carbocycles. The number of hydrogen-bond acceptors (Lipinski definition) is 4. The van der Waals surface area contributed by atoms with Crippen LogP contribution in [0.1, 0.15) is 37.6 Å². The quantitative estimate of drug-likeness (QED) is 0.869. The minimum atomic E-state index is 0.188. The zero-order chi connectivity index (χ0) is 16.2. The van der Waals surface area contributed by atoms with Gasteiger partial charge in [-0.2, -0.15) is 4.98 Å². The normalized spacial score (nSPS) is 15.8. The van der Waals surface area contributed by atoms with Crippen LogP contribution in [0.2, 0.25) is 0 Å². The summed E-state index contributed by atoms with van der Waals surface area (Å²) in [6.45, 7) is 6.01. The zero-order valence-corrected chi connectivity index (χ0v) is 13.8. The average molecular weight is 313 g/mol. The summed E-state index contributed by atoms with van der Waals surface area (Å²) in [7, 11) is 0. The molecule has 122 valence electrons. The highest BCUT2D eigenvalue weighted by atomic mass is 16.5. The Kier molecular flexibility index (Phi) is 4.74. The third-order valence-corrected chi connectivity index (χ3v) is 4.54. The SMILES string of the molecule is Cc1ccccc1-c1noc(CCC(=O)N2CCC(C)CC2)n1. The van der Waals surface area contributed by atoms with E-state index in [2.05, 4.69) is 17.1 Å². The zero-order valence-electron chi connectivity index (χ0n) is 13.8. The standard InChI is InChI=1S/C18H23N3O2/c1-13-9-11-21(12-10-13)17(22)8-7-16-19-18(20-23-16)15-6-4-3-5-14(15)2/h3-6,13H,7-12H2,1-2H3. The number of benzene rings is 1. The maximum Gasteiger partial charge on any atom is 0.227 e. The molecule has 0 bridgehead atoms. The molecule has 1 fully saturated rings. The number of rotatable bonds is 4. The predicted octanol–water partition coefficient (Wildman–Crippen LogP) is 3.24. The summed E-state index contributed by atoms with van der Waals surface area (Å²) in [6, 6.07) is 7.94. The number of likely N-dealkylation sites (tertiary alicyclic amines) is 1. The van der Waals surface area contributed by atoms with Crippen LogP contribution in [0.3, 0.4) is 0 Å². The number of hydrogen-bond donors (Lipinski definition) is 0. The van der Waals surface area contributed by atoms with E-state index in [4.69, 9.17) is 4.52 Å². The second-order valence-corrected chi connectivity index (χ2v) is 6.39. The molecule has 1 saturated heterocycles. The summed E-state index contributed by atoms with van der Waals surface area (Å²) in [5.41, 5.74) is 2.08. The fraction of sp³-hybridized carbons (Fsp3) is 0.500. The van der Waals surface area contributed by atoms with E-state index < -0.39 is 0 Å². The highest BCUT2D eigenvalue weighted by Gasteiger charge is 2.20. The Hall–Kier alpha value is -2.17. The molecule has 1 aliphatic heterocycles. The Bertz CT molecular complexity index is 672. The van der Waals surface area contributed by atoms with Crippen LogP contribution in [-0.4, -0.2) is 34.0 Å². The Labute approximate surface area is 136 Å². The summed E-state index contributed by atoms with van der Waals surface area (Å²) in [5, 5.41) is 4.04. The molecular weight excluding hydrogens is 290 g/mol. The second-order valence-electron chi connectivity index (χ2n) is 6.39. The molecule has 1 aliphatic rings. The number of carbonyl (C=O) groups excluding carboxylic acids is 1. The van der Waals surface area contributed by atoms with Crippen molar-refractivity contribution in [3.63, 3.8) is 0 Å². The molecule has 0 spiro atoms. The van der Waals surface area contributed by atoms with Crippen molar-refractivity contribution in [1.29, 1.82) is 0 Å². The second kappa shape index (κ2) is 6.94. The van der Waals surface area contributed by atoms with E-state index in [0.717, 1.165) is 43.0 Å². The molecule has 1 amide bonds. The molecule has 0 radical (unpaired) electrons. The van der Waals surface area contributed by atoms with Crippen LogP contribution in [0.5, 0.6) is 0 Å². The largest absolute Gasteiger partial charge is 0.343 e. The fourth-order valence-corrected chi connectivity index (χ4v) is 2.92. The van der Waals surface area contributed by atoms with Crippen molar-refractivity contribution in [3.8, 4) is 11.4 Å². The third kappa shape index (κ3) is 3.78. The maximum absolute atomic E-state index is 12.2. The molecule has 1 aromatic heterocycles. The van der Waals surface area contributed by atoms with Crippen LogP contribution in [0.15, 0.2) is 28.8 Å². The van der Waals surface area contributed by atoms with E-state index in [0.29, 0.717) is 24.6 Å². The molecule has 0 N–H and O–H groups in total. The van der Waals surface area contributed by atoms with Gasteiger partial charge >= 0.3 is 0 Å². The van der Waals surface area contributed by atoms with Crippen molar-refractivity contribution >= 4 is 5.91 Å². The van der Waals surface area contributed by atoms with Crippen molar-refractivity contribution in [2.45, 2.75) is 39.5 Å². The van der Waals surface area contributed by atoms with Crippen LogP contribution in [0.25, 0.3) is 11.4 Å². The first-order valence-electron chi connectivity index (χ1n) is 8.30. The molecular formula is C18H23N3O2. The van der Waals surface area contributed by atoms with Gasteiger partial charge in [-0.1, -0.05) is 36.3 Å². The van der Waals surface area contributed by atoms with Crippen LogP contribution in [0.4, 0.5) is 0 Å². The van der Waals surface area contributed by atoms with Crippen molar-refractivity contribution < 1.29 is 9.32 Å². The molecule has 0 aliphatic carbocycles. The number of carbonyl (C=O) groups is 1. The van der Waals surface area contributed by atoms with Crippen LogP contribution in [-0.2, 0) is 11.2 Å². The van der Waals surface area contributed by atoms with Gasteiger partial charge in [0, 0.05) is 31.5 Å². The fourth-order valence-electron chi connectivity index (χ4n) is 2.92. The first kappa shape index (κ1) is 15.7. The highest BCUT2D eigenvalue weighted by Crippen LogP contribution is 2.21. The molecule has 0 unspecified atom stereocenters. The van der Waals surface area contributed by atoms with Crippen molar-refractivity contribution in [2.75, 3.05) is 13.1 Å². The lowest BCUT2D eigenvalue weighted by Crippen LogP contribution is -2.38. The molecule has 2 aromatic rings. The number of aryl methyl sites for hydroxylation is 2. The van der Waals surface area contributed by atoms with Crippen molar-refractivity contribution in [3.05, 3.63) is 35.7 Å². The van der Waals surface area contributed by atoms with Gasteiger partial charge in [0.1, 0.15) is 0 Å². The molecule has 5 heteroatoms. The summed E-state index contributed by atoms with van der Waals surface area (Å²) in [5.74, 6) is 2.04. The molecule has 23 heavy (non-hydrogen) atoms. The number of nitrogens with zero attached hydrogens (tertiary/aromatic N) is 3. The van der Waals surface area contributed by atoms with E-state index in [1.165, 1.54) is 0 Å². The van der Waals surface area contributed by atoms with Gasteiger partial charge < -0.3 is 9.42 Å². The van der Waals surface area contributed by atoms with Crippen LogP contribution in [0, 0.1) is 12.8 Å². The summed E-state index contributed by atoms with van der Waals surface area (Å²) >= 11 is 0. The van der Waals surface area contributed by atoms with Crippen LogP contribution >= 0.6 is 0 Å². The smallest absolute Gasteiger partial charge is 0.227 e. The summed E-state index contributed by atoms with van der Waals surface area (Å²) in [6.07, 6.45) is 3.14. The van der Waals surface area contributed by atoms with Gasteiger partial charge in [-0.05, 0) is 31.2 Å². The Balaban J connectivity index is 1.57. The lowest BCUT2D eigenvalue weighted by molar-refractivity contribution is -0.132. The molecule has 5 nitrogen and oxygen atoms in total. The number of amides is 1. The lowest BCUT2D eigenvalue weighted by atomic mass is 9.99. The Morgan fingerprint density at radius 1 is 1.30 bits per heavy atom. The van der Waals surface area contributed by atoms with Crippen molar-refractivity contribution in [1.82, 2.24) is 15.0 Å². The van der Waals surface area contributed by atoms with Crippen molar-refractivity contribution in [2.24, 2.45) is 5.92 Å². The molecule has 1 aromatic carbocycles. The maximum atomic E-state index is 12.2. The van der Waals surface area contributed by atoms with Gasteiger partial charge in [0.15, 0.2) is 0 Å². The van der Waals surface area contributed by atoms with Gasteiger partial charge in [-0.25, -0.2) is 0 Å². The first-order valence-corrected chi connectivity index (χ1v) is 8.30. The summed E-state index contributed by atoms with van der Waals surface area (Å²) < 4.78 is 5.30. The minimum Gasteiger partial charge on any atom is -0.343 e. The number of aromatic nitrogens is 2. The Morgan fingerprint density at radius 3 is 2.78 bits per heavy atom. The van der Waals surface area contributed by atoms with E-state index in [1.54, 1.807) is 0 Å². The van der Waals surface area contributed by atoms with Crippen LogP contribution < -0.4 is 0 Å². The molecule has 3 rings (SSSR count). The number of piperidine rings is 1. The van der Waals surface area contributed by atoms with E-state index in [9.17, 15) is 4.79 Å². The van der Waals surface area contributed by atoms with E-state index in [-0.39, 0.29) is 5.91 Å². The lowest BCUT2D eigenvalue weighted by Gasteiger charge is -2.30. The molecule has 2 heterocycles. The average Bonchev–Trinajstić information content (AvgIpc) is 3.02. The topological polar surface area (TPSA) is 59.2 Å². The molecule has 0 atom stereocenters. The summed E-state index contributed by atoms with van der Waals surface area (Å²) in [4.78, 5) is 18.6. The monoisotopic (exact) mass is 313 g/mol.